The molecule has 13 nitrogen and oxygen atoms in total. The lowest BCUT2D eigenvalue weighted by atomic mass is 10.3. The van der Waals surface area contributed by atoms with Crippen molar-refractivity contribution in [1.29, 1.82) is 0 Å². The van der Waals surface area contributed by atoms with Crippen LogP contribution in [0.4, 0.5) is 0 Å². The zero-order valence-corrected chi connectivity index (χ0v) is 15.3. The van der Waals surface area contributed by atoms with Gasteiger partial charge in [0.05, 0.1) is 0 Å². The Labute approximate surface area is 158 Å². The summed E-state index contributed by atoms with van der Waals surface area (Å²) in [6, 6.07) is 0. The molecule has 0 aliphatic heterocycles. The molecule has 0 fully saturated rings. The van der Waals surface area contributed by atoms with Crippen LogP contribution in [0, 0.1) is 0 Å². The molecule has 0 aliphatic rings. The van der Waals surface area contributed by atoms with Gasteiger partial charge in [-0.1, -0.05) is 0 Å². The number of carbonyl (C=O) groups is 8. The number of ketones is 3. The van der Waals surface area contributed by atoms with Crippen molar-refractivity contribution in [2.24, 2.45) is 0 Å². The molecule has 0 aromatic heterocycles. The van der Waals surface area contributed by atoms with Gasteiger partial charge in [-0.25, -0.2) is 0 Å². The molecule has 28 heavy (non-hydrogen) atoms. The van der Waals surface area contributed by atoms with Gasteiger partial charge in [-0.15, -0.1) is 0 Å². The van der Waals surface area contributed by atoms with Crippen molar-refractivity contribution in [2.75, 3.05) is 0 Å². The van der Waals surface area contributed by atoms with E-state index in [9.17, 15) is 38.4 Å². The normalized spacial score (nSPS) is 8.11. The molecule has 0 unspecified atom stereocenters. The van der Waals surface area contributed by atoms with Crippen molar-refractivity contribution in [3.8, 4) is 0 Å². The summed E-state index contributed by atoms with van der Waals surface area (Å²) in [5.74, 6) is -6.75. The summed E-state index contributed by atoms with van der Waals surface area (Å²) in [6.45, 7) is 3.73. The maximum Gasteiger partial charge on any atom is 0.314 e. The van der Waals surface area contributed by atoms with Crippen LogP contribution in [0.2, 0.25) is 0 Å². The van der Waals surface area contributed by atoms with E-state index in [1.54, 1.807) is 0 Å². The Morgan fingerprint density at radius 1 is 0.393 bits per heavy atom. The van der Waals surface area contributed by atoms with Gasteiger partial charge in [-0.2, -0.15) is 0 Å². The predicted octanol–water partition coefficient (Wildman–Crippen LogP) is -0.304. The zero-order chi connectivity index (χ0) is 23.4. The Bertz CT molecular complexity index is 437. The largest absolute Gasteiger partial charge is 0.481 e. The van der Waals surface area contributed by atoms with Crippen molar-refractivity contribution in [3.05, 3.63) is 0 Å². The van der Waals surface area contributed by atoms with Crippen LogP contribution < -0.4 is 0 Å². The van der Waals surface area contributed by atoms with Gasteiger partial charge in [0.2, 0.25) is 0 Å². The highest BCUT2D eigenvalue weighted by Gasteiger charge is 2.01. The molecule has 0 saturated carbocycles. The first-order valence-corrected chi connectivity index (χ1v) is 7.08. The van der Waals surface area contributed by atoms with E-state index in [2.05, 4.69) is 0 Å². The van der Waals surface area contributed by atoms with Gasteiger partial charge in [0, 0.05) is 0 Å². The molecule has 0 spiro atoms. The van der Waals surface area contributed by atoms with Gasteiger partial charge in [0.25, 0.3) is 0 Å². The van der Waals surface area contributed by atoms with E-state index < -0.39 is 36.3 Å². The first kappa shape index (κ1) is 32.1. The van der Waals surface area contributed by atoms with Gasteiger partial charge in [0.1, 0.15) is 43.0 Å². The molecule has 0 atom stereocenters. The van der Waals surface area contributed by atoms with Gasteiger partial charge in [-0.05, 0) is 20.8 Å². The molecule has 160 valence electrons. The molecule has 13 heteroatoms. The van der Waals surface area contributed by atoms with Gasteiger partial charge in [0.15, 0.2) is 0 Å². The average molecular weight is 410 g/mol. The minimum absolute atomic E-state index is 0.312. The minimum atomic E-state index is -1.31. The van der Waals surface area contributed by atoms with Crippen LogP contribution in [0.3, 0.4) is 0 Å². The number of carboxylic acids is 5. The second kappa shape index (κ2) is 19.7. The molecule has 0 amide bonds. The molecule has 5 N–H and O–H groups in total. The maximum atomic E-state index is 9.87. The summed E-state index contributed by atoms with van der Waals surface area (Å²) in [4.78, 5) is 77.2. The molecular weight excluding hydrogens is 388 g/mol. The van der Waals surface area contributed by atoms with Gasteiger partial charge < -0.3 is 25.5 Å². The fourth-order valence-corrected chi connectivity index (χ4v) is 0.768. The predicted molar refractivity (Wildman–Crippen MR) is 88.7 cm³/mol. The summed E-state index contributed by atoms with van der Waals surface area (Å²) in [7, 11) is 0. The topological polar surface area (TPSA) is 238 Å². The molecule has 0 aromatic rings. The third-order valence-corrected chi connectivity index (χ3v) is 1.50. The average Bonchev–Trinajstić information content (AvgIpc) is 2.32. The van der Waals surface area contributed by atoms with Crippen molar-refractivity contribution >= 4 is 47.2 Å². The van der Waals surface area contributed by atoms with Gasteiger partial charge in [-0.3, -0.25) is 38.4 Å². The van der Waals surface area contributed by atoms with E-state index in [1.807, 2.05) is 0 Å². The van der Waals surface area contributed by atoms with Crippen LogP contribution in [-0.4, -0.2) is 72.7 Å². The maximum absolute atomic E-state index is 9.87. The lowest BCUT2D eigenvalue weighted by Gasteiger charge is -1.80. The van der Waals surface area contributed by atoms with Crippen molar-refractivity contribution in [1.82, 2.24) is 0 Å². The second-order valence-electron chi connectivity index (χ2n) is 4.78. The molecular formula is C15H22O13. The van der Waals surface area contributed by atoms with Crippen molar-refractivity contribution in [3.63, 3.8) is 0 Å². The number of carbonyl (C=O) groups excluding carboxylic acids is 3. The highest BCUT2D eigenvalue weighted by Crippen LogP contribution is 1.78. The smallest absolute Gasteiger partial charge is 0.314 e. The third kappa shape index (κ3) is 66.8. The standard InChI is InChI=1S/3C4H6O3.C3H4O4/c3*1-3(5)2-4(6)7;4-2(5)1-3(6)7/h3*2H2,1H3,(H,6,7);1H2,(H,4,5)(H,6,7). The van der Waals surface area contributed by atoms with Crippen molar-refractivity contribution in [2.45, 2.75) is 46.5 Å². The summed E-state index contributed by atoms with van der Waals surface area (Å²) >= 11 is 0. The molecule has 0 heterocycles. The van der Waals surface area contributed by atoms with E-state index in [0.29, 0.717) is 0 Å². The Kier molecular flexibility index (Phi) is 22.5. The number of hydrogen-bond acceptors (Lipinski definition) is 8. The lowest BCUT2D eigenvalue weighted by molar-refractivity contribution is -0.148. The SMILES string of the molecule is CC(=O)CC(=O)O.CC(=O)CC(=O)O.CC(=O)CC(=O)O.O=C(O)CC(=O)O. The number of aliphatic carboxylic acids is 5. The first-order valence-electron chi connectivity index (χ1n) is 7.08. The summed E-state index contributed by atoms with van der Waals surface area (Å²) in [6.07, 6.45) is -1.89. The zero-order valence-electron chi connectivity index (χ0n) is 15.3. The van der Waals surface area contributed by atoms with Gasteiger partial charge >= 0.3 is 29.8 Å². The molecule has 0 rings (SSSR count). The summed E-state index contributed by atoms with van der Waals surface area (Å²) < 4.78 is 0. The molecule has 0 bridgehead atoms. The highest BCUT2D eigenvalue weighted by atomic mass is 16.4. The molecule has 0 radical (unpaired) electrons. The van der Waals surface area contributed by atoms with Crippen LogP contribution in [0.1, 0.15) is 46.5 Å². The van der Waals surface area contributed by atoms with E-state index in [4.69, 9.17) is 25.5 Å². The first-order chi connectivity index (χ1) is 12.5. The Hall–Kier alpha value is -3.64. The number of rotatable bonds is 8. The minimum Gasteiger partial charge on any atom is -0.481 e. The quantitative estimate of drug-likeness (QED) is 0.323. The van der Waals surface area contributed by atoms with E-state index in [-0.39, 0.29) is 36.6 Å². The van der Waals surface area contributed by atoms with Crippen LogP contribution in [0.25, 0.3) is 0 Å². The third-order valence-electron chi connectivity index (χ3n) is 1.50. The Balaban J connectivity index is -0.000000137. The fraction of sp³-hybridized carbons (Fsp3) is 0.467. The van der Waals surface area contributed by atoms with Crippen LogP contribution >= 0.6 is 0 Å². The van der Waals surface area contributed by atoms with E-state index in [1.165, 1.54) is 20.8 Å². The lowest BCUT2D eigenvalue weighted by Crippen LogP contribution is -2.03. The number of carboxylic acid groups (broad SMARTS) is 5. The summed E-state index contributed by atoms with van der Waals surface area (Å²) in [5.41, 5.74) is 0. The molecule has 0 aromatic carbocycles. The highest BCUT2D eigenvalue weighted by molar-refractivity contribution is 5.94. The molecule has 0 aliphatic carbocycles. The monoisotopic (exact) mass is 410 g/mol. The fourth-order valence-electron chi connectivity index (χ4n) is 0.768. The number of Topliss-reactive ketones (excluding diaryl/α,β-unsaturated/α-hetero) is 3. The van der Waals surface area contributed by atoms with Crippen LogP contribution in [0.5, 0.6) is 0 Å². The Morgan fingerprint density at radius 2 is 0.536 bits per heavy atom. The van der Waals surface area contributed by atoms with Crippen LogP contribution in [-0.2, 0) is 38.4 Å². The second-order valence-corrected chi connectivity index (χ2v) is 4.78. The van der Waals surface area contributed by atoms with Crippen LogP contribution in [0.15, 0.2) is 0 Å². The Morgan fingerprint density at radius 3 is 0.536 bits per heavy atom. The van der Waals surface area contributed by atoms with E-state index in [0.717, 1.165) is 0 Å². The summed E-state index contributed by atoms with van der Waals surface area (Å²) in [5, 5.41) is 39.0. The van der Waals surface area contributed by atoms with E-state index >= 15 is 0 Å². The molecule has 0 saturated heterocycles. The number of hydrogen-bond donors (Lipinski definition) is 5. The van der Waals surface area contributed by atoms with Crippen molar-refractivity contribution < 1.29 is 63.9 Å².